The van der Waals surface area contributed by atoms with Crippen LogP contribution in [-0.2, 0) is 0 Å². The van der Waals surface area contributed by atoms with Crippen LogP contribution in [0.3, 0.4) is 0 Å². The van der Waals surface area contributed by atoms with Gasteiger partial charge in [-0.25, -0.2) is 0 Å². The van der Waals surface area contributed by atoms with Crippen LogP contribution in [0.15, 0.2) is 48.0 Å². The summed E-state index contributed by atoms with van der Waals surface area (Å²) in [6, 6.07) is 15.6. The Balaban J connectivity index is 2.09. The molecule has 0 saturated heterocycles. The molecule has 0 nitrogen and oxygen atoms in total. The van der Waals surface area contributed by atoms with Gasteiger partial charge in [-0.3, -0.25) is 0 Å². The summed E-state index contributed by atoms with van der Waals surface area (Å²) in [5, 5.41) is 0. The van der Waals surface area contributed by atoms with Gasteiger partial charge in [-0.05, 0) is 35.6 Å². The summed E-state index contributed by atoms with van der Waals surface area (Å²) >= 11 is 0. The van der Waals surface area contributed by atoms with Gasteiger partial charge in [0.1, 0.15) is 0 Å². The first-order valence-corrected chi connectivity index (χ1v) is 7.61. The van der Waals surface area contributed by atoms with Crippen molar-refractivity contribution in [1.29, 1.82) is 0 Å². The summed E-state index contributed by atoms with van der Waals surface area (Å²) in [5.41, 5.74) is 8.53. The molecule has 0 amide bonds. The summed E-state index contributed by atoms with van der Waals surface area (Å²) in [5.74, 6) is 0.579. The van der Waals surface area contributed by atoms with Crippen LogP contribution < -0.4 is 0 Å². The fraction of sp³-hybridized carbons (Fsp3) is 0.300. The lowest BCUT2D eigenvalue weighted by atomic mass is 9.92. The van der Waals surface area contributed by atoms with Crippen molar-refractivity contribution in [3.8, 4) is 11.1 Å². The highest BCUT2D eigenvalue weighted by Crippen LogP contribution is 2.42. The maximum Gasteiger partial charge on any atom is 0.00293 e. The molecule has 0 saturated carbocycles. The van der Waals surface area contributed by atoms with E-state index in [0.717, 1.165) is 0 Å². The molecular weight excluding hydrogens is 240 g/mol. The summed E-state index contributed by atoms with van der Waals surface area (Å²) in [4.78, 5) is 0. The van der Waals surface area contributed by atoms with Crippen molar-refractivity contribution in [2.45, 2.75) is 39.5 Å². The van der Waals surface area contributed by atoms with Crippen molar-refractivity contribution < 1.29 is 0 Å². The van der Waals surface area contributed by atoms with Crippen LogP contribution in [0.5, 0.6) is 0 Å². The average molecular weight is 262 g/mol. The molecule has 2 aromatic carbocycles. The molecule has 1 atom stereocenters. The first-order chi connectivity index (χ1) is 9.70. The van der Waals surface area contributed by atoms with Crippen LogP contribution in [0.25, 0.3) is 17.2 Å². The second kappa shape index (κ2) is 5.28. The van der Waals surface area contributed by atoms with Gasteiger partial charge in [0.15, 0.2) is 0 Å². The molecule has 1 aliphatic carbocycles. The Morgan fingerprint density at radius 3 is 2.45 bits per heavy atom. The van der Waals surface area contributed by atoms with Crippen LogP contribution in [0.2, 0.25) is 0 Å². The van der Waals surface area contributed by atoms with E-state index in [0.29, 0.717) is 5.92 Å². The summed E-state index contributed by atoms with van der Waals surface area (Å²) in [7, 11) is 0. The molecule has 102 valence electrons. The zero-order valence-electron chi connectivity index (χ0n) is 12.6. The zero-order valence-corrected chi connectivity index (χ0v) is 12.6. The Morgan fingerprint density at radius 1 is 1.00 bits per heavy atom. The average Bonchev–Trinajstić information content (AvgIpc) is 2.77. The Morgan fingerprint density at radius 2 is 1.75 bits per heavy atom. The number of hydrogen-bond acceptors (Lipinski definition) is 0. The molecule has 1 aliphatic rings. The molecule has 0 bridgehead atoms. The van der Waals surface area contributed by atoms with Gasteiger partial charge in [0.05, 0.1) is 0 Å². The lowest BCUT2D eigenvalue weighted by Crippen LogP contribution is -1.93. The van der Waals surface area contributed by atoms with Crippen molar-refractivity contribution >= 4 is 6.08 Å². The Kier molecular flexibility index (Phi) is 3.48. The number of benzene rings is 2. The van der Waals surface area contributed by atoms with Crippen LogP contribution in [0.4, 0.5) is 0 Å². The second-order valence-electron chi connectivity index (χ2n) is 5.87. The smallest absolute Gasteiger partial charge is 0.00293 e. The van der Waals surface area contributed by atoms with E-state index in [9.17, 15) is 0 Å². The Bertz CT molecular complexity index is 644. The largest absolute Gasteiger partial charge is 0.0651 e. The predicted octanol–water partition coefficient (Wildman–Crippen LogP) is 5.96. The molecule has 2 aromatic rings. The van der Waals surface area contributed by atoms with E-state index in [1.54, 1.807) is 5.57 Å². The Hall–Kier alpha value is -1.82. The van der Waals surface area contributed by atoms with Gasteiger partial charge in [-0.1, -0.05) is 79.9 Å². The molecule has 0 heteroatoms. The van der Waals surface area contributed by atoms with Gasteiger partial charge in [-0.2, -0.15) is 0 Å². The minimum Gasteiger partial charge on any atom is -0.0651 e. The van der Waals surface area contributed by atoms with Crippen molar-refractivity contribution in [3.05, 3.63) is 64.7 Å². The monoisotopic (exact) mass is 262 g/mol. The molecule has 0 heterocycles. The third kappa shape index (κ3) is 2.20. The normalized spacial score (nSPS) is 16.9. The lowest BCUT2D eigenvalue weighted by Gasteiger charge is -2.12. The molecule has 0 N–H and O–H groups in total. The molecule has 0 spiro atoms. The summed E-state index contributed by atoms with van der Waals surface area (Å²) in [6.45, 7) is 6.74. The number of fused-ring (bicyclic) bond motifs is 1. The van der Waals surface area contributed by atoms with Crippen molar-refractivity contribution in [3.63, 3.8) is 0 Å². The van der Waals surface area contributed by atoms with Crippen LogP contribution in [0.1, 0.15) is 49.3 Å². The molecule has 0 radical (unpaired) electrons. The van der Waals surface area contributed by atoms with Crippen LogP contribution >= 0.6 is 0 Å². The SMILES string of the molecule is CCCC1=Cc2c(-c3ccc(C)cc3)cccc2C1C. The number of rotatable bonds is 3. The summed E-state index contributed by atoms with van der Waals surface area (Å²) < 4.78 is 0. The van der Waals surface area contributed by atoms with Crippen molar-refractivity contribution in [2.24, 2.45) is 0 Å². The molecule has 3 rings (SSSR count). The standard InChI is InChI=1S/C20H22/c1-4-6-17-13-20-18(15(17)3)7-5-8-19(20)16-11-9-14(2)10-12-16/h5,7-13,15H,4,6H2,1-3H3. The fourth-order valence-corrected chi connectivity index (χ4v) is 3.19. The molecule has 0 fully saturated rings. The molecule has 20 heavy (non-hydrogen) atoms. The van der Waals surface area contributed by atoms with Gasteiger partial charge in [0.25, 0.3) is 0 Å². The van der Waals surface area contributed by atoms with E-state index in [1.807, 2.05) is 0 Å². The topological polar surface area (TPSA) is 0 Å². The van der Waals surface area contributed by atoms with Gasteiger partial charge >= 0.3 is 0 Å². The van der Waals surface area contributed by atoms with E-state index in [-0.39, 0.29) is 0 Å². The van der Waals surface area contributed by atoms with Gasteiger partial charge in [0, 0.05) is 5.92 Å². The molecule has 0 aliphatic heterocycles. The minimum absolute atomic E-state index is 0.579. The first-order valence-electron chi connectivity index (χ1n) is 7.61. The van der Waals surface area contributed by atoms with E-state index in [1.165, 1.54) is 40.7 Å². The highest BCUT2D eigenvalue weighted by Gasteiger charge is 2.22. The third-order valence-corrected chi connectivity index (χ3v) is 4.39. The third-order valence-electron chi connectivity index (χ3n) is 4.39. The van der Waals surface area contributed by atoms with E-state index in [4.69, 9.17) is 0 Å². The van der Waals surface area contributed by atoms with E-state index in [2.05, 4.69) is 69.3 Å². The van der Waals surface area contributed by atoms with Gasteiger partial charge in [0.2, 0.25) is 0 Å². The van der Waals surface area contributed by atoms with Gasteiger partial charge < -0.3 is 0 Å². The predicted molar refractivity (Wildman–Crippen MR) is 87.9 cm³/mol. The zero-order chi connectivity index (χ0) is 14.1. The number of aryl methyl sites for hydroxylation is 1. The van der Waals surface area contributed by atoms with Crippen LogP contribution in [-0.4, -0.2) is 0 Å². The van der Waals surface area contributed by atoms with E-state index < -0.39 is 0 Å². The highest BCUT2D eigenvalue weighted by molar-refractivity contribution is 5.81. The molecule has 1 unspecified atom stereocenters. The fourth-order valence-electron chi connectivity index (χ4n) is 3.19. The number of hydrogen-bond donors (Lipinski definition) is 0. The second-order valence-corrected chi connectivity index (χ2v) is 5.87. The quantitative estimate of drug-likeness (QED) is 0.640. The molecular formula is C20H22. The first kappa shape index (κ1) is 13.2. The summed E-state index contributed by atoms with van der Waals surface area (Å²) in [6.07, 6.45) is 4.87. The van der Waals surface area contributed by atoms with Crippen LogP contribution in [0, 0.1) is 6.92 Å². The highest BCUT2D eigenvalue weighted by atomic mass is 14.3. The van der Waals surface area contributed by atoms with Crippen molar-refractivity contribution in [1.82, 2.24) is 0 Å². The number of allylic oxidation sites excluding steroid dienone is 1. The van der Waals surface area contributed by atoms with E-state index >= 15 is 0 Å². The minimum atomic E-state index is 0.579. The molecule has 0 aromatic heterocycles. The van der Waals surface area contributed by atoms with Crippen molar-refractivity contribution in [2.75, 3.05) is 0 Å². The lowest BCUT2D eigenvalue weighted by molar-refractivity contribution is 0.803. The maximum atomic E-state index is 2.43. The maximum absolute atomic E-state index is 2.43. The van der Waals surface area contributed by atoms with Gasteiger partial charge in [-0.15, -0.1) is 0 Å². The Labute approximate surface area is 122 Å².